The van der Waals surface area contributed by atoms with E-state index in [1.165, 1.54) is 10.5 Å². The number of amides is 2. The molecule has 0 radical (unpaired) electrons. The van der Waals surface area contributed by atoms with Crippen LogP contribution in [-0.2, 0) is 16.0 Å². The van der Waals surface area contributed by atoms with Gasteiger partial charge in [0.25, 0.3) is 0 Å². The second-order valence-corrected chi connectivity index (χ2v) is 6.94. The molecule has 1 fully saturated rings. The van der Waals surface area contributed by atoms with E-state index in [0.717, 1.165) is 12.8 Å². The van der Waals surface area contributed by atoms with Crippen LogP contribution in [0.15, 0.2) is 29.2 Å². The molecular weight excluding hydrogens is 284 g/mol. The van der Waals surface area contributed by atoms with Crippen LogP contribution in [0, 0.1) is 0 Å². The Morgan fingerprint density at radius 3 is 2.62 bits per heavy atom. The van der Waals surface area contributed by atoms with Gasteiger partial charge in [-0.2, -0.15) is 0 Å². The number of benzene rings is 1. The molecule has 5 heteroatoms. The lowest BCUT2D eigenvalue weighted by atomic mass is 10.1. The summed E-state index contributed by atoms with van der Waals surface area (Å²) in [5.74, 6) is -0.658. The molecule has 1 aromatic carbocycles. The van der Waals surface area contributed by atoms with E-state index < -0.39 is 0 Å². The highest BCUT2D eigenvalue weighted by molar-refractivity contribution is 8.00. The van der Waals surface area contributed by atoms with Crippen molar-refractivity contribution in [1.82, 2.24) is 9.80 Å². The number of carbonyl (C=O) groups excluding carboxylic acids is 2. The van der Waals surface area contributed by atoms with Crippen LogP contribution in [0.25, 0.3) is 0 Å². The number of thioether (sulfide) groups is 1. The lowest BCUT2D eigenvalue weighted by Gasteiger charge is -2.34. The summed E-state index contributed by atoms with van der Waals surface area (Å²) in [7, 11) is 0. The highest BCUT2D eigenvalue weighted by Crippen LogP contribution is 2.37. The van der Waals surface area contributed by atoms with Crippen molar-refractivity contribution in [3.8, 4) is 0 Å². The zero-order chi connectivity index (χ0) is 14.8. The van der Waals surface area contributed by atoms with Crippen molar-refractivity contribution >= 4 is 23.6 Å². The Morgan fingerprint density at radius 2 is 1.86 bits per heavy atom. The Morgan fingerprint density at radius 1 is 1.14 bits per heavy atom. The number of hydrogen-bond acceptors (Lipinski definition) is 3. The van der Waals surface area contributed by atoms with E-state index >= 15 is 0 Å². The third-order valence-corrected chi connectivity index (χ3v) is 5.33. The molecule has 1 unspecified atom stereocenters. The summed E-state index contributed by atoms with van der Waals surface area (Å²) in [4.78, 5) is 29.0. The maximum absolute atomic E-state index is 12.2. The smallest absolute Gasteiger partial charge is 0.312 e. The Kier molecular flexibility index (Phi) is 4.19. The highest BCUT2D eigenvalue weighted by atomic mass is 32.2. The lowest BCUT2D eigenvalue weighted by Crippen LogP contribution is -2.55. The van der Waals surface area contributed by atoms with Crippen LogP contribution in [-0.4, -0.2) is 53.0 Å². The maximum Gasteiger partial charge on any atom is 0.312 e. The molecule has 112 valence electrons. The standard InChI is InChI=1S/C16H20N2O2S/c1-2-7-17-8-9-18(16(20)15(17)19)11-13-10-12-5-3-4-6-14(12)21-13/h3-6,13H,2,7-11H2,1H3. The number of nitrogens with zero attached hydrogens (tertiary/aromatic N) is 2. The predicted octanol–water partition coefficient (Wildman–Crippen LogP) is 1.78. The molecule has 1 saturated heterocycles. The number of rotatable bonds is 4. The molecule has 1 aromatic rings. The Labute approximate surface area is 129 Å². The van der Waals surface area contributed by atoms with Crippen molar-refractivity contribution < 1.29 is 9.59 Å². The van der Waals surface area contributed by atoms with Gasteiger partial charge in [0.05, 0.1) is 0 Å². The first-order valence-electron chi connectivity index (χ1n) is 7.51. The summed E-state index contributed by atoms with van der Waals surface area (Å²) in [5, 5.41) is 0.372. The van der Waals surface area contributed by atoms with E-state index in [0.29, 0.717) is 31.4 Å². The first kappa shape index (κ1) is 14.4. The second-order valence-electron chi connectivity index (χ2n) is 5.60. The molecule has 2 aliphatic heterocycles. The molecule has 2 aliphatic rings. The summed E-state index contributed by atoms with van der Waals surface area (Å²) >= 11 is 1.83. The predicted molar refractivity (Wildman–Crippen MR) is 83.2 cm³/mol. The van der Waals surface area contributed by atoms with Crippen LogP contribution in [0.1, 0.15) is 18.9 Å². The fraction of sp³-hybridized carbons (Fsp3) is 0.500. The van der Waals surface area contributed by atoms with Crippen molar-refractivity contribution in [2.24, 2.45) is 0 Å². The molecular formula is C16H20N2O2S. The fourth-order valence-electron chi connectivity index (χ4n) is 2.97. The van der Waals surface area contributed by atoms with Gasteiger partial charge in [0.1, 0.15) is 0 Å². The number of carbonyl (C=O) groups is 2. The van der Waals surface area contributed by atoms with Crippen molar-refractivity contribution in [3.05, 3.63) is 29.8 Å². The van der Waals surface area contributed by atoms with Crippen molar-refractivity contribution in [2.45, 2.75) is 29.9 Å². The molecule has 0 saturated carbocycles. The minimum absolute atomic E-state index is 0.328. The quantitative estimate of drug-likeness (QED) is 0.796. The monoisotopic (exact) mass is 304 g/mol. The molecule has 2 amide bonds. The van der Waals surface area contributed by atoms with E-state index in [4.69, 9.17) is 0 Å². The molecule has 21 heavy (non-hydrogen) atoms. The number of fused-ring (bicyclic) bond motifs is 1. The lowest BCUT2D eigenvalue weighted by molar-refractivity contribution is -0.155. The average Bonchev–Trinajstić information content (AvgIpc) is 2.89. The first-order chi connectivity index (χ1) is 10.2. The van der Waals surface area contributed by atoms with E-state index in [2.05, 4.69) is 18.2 Å². The molecule has 3 rings (SSSR count). The van der Waals surface area contributed by atoms with Crippen LogP contribution in [0.2, 0.25) is 0 Å². The van der Waals surface area contributed by atoms with Gasteiger partial charge in [-0.3, -0.25) is 9.59 Å². The highest BCUT2D eigenvalue weighted by Gasteiger charge is 2.34. The van der Waals surface area contributed by atoms with Crippen LogP contribution in [0.3, 0.4) is 0 Å². The van der Waals surface area contributed by atoms with Gasteiger partial charge in [0.2, 0.25) is 0 Å². The molecule has 0 aromatic heterocycles. The maximum atomic E-state index is 12.2. The topological polar surface area (TPSA) is 40.6 Å². The normalized spacial score (nSPS) is 21.9. The molecule has 2 heterocycles. The summed E-state index contributed by atoms with van der Waals surface area (Å²) in [6, 6.07) is 8.38. The van der Waals surface area contributed by atoms with Crippen LogP contribution in [0.5, 0.6) is 0 Å². The molecule has 0 spiro atoms. The summed E-state index contributed by atoms with van der Waals surface area (Å²) in [5.41, 5.74) is 1.36. The van der Waals surface area contributed by atoms with Gasteiger partial charge in [-0.15, -0.1) is 11.8 Å². The van der Waals surface area contributed by atoms with Gasteiger partial charge in [-0.05, 0) is 24.5 Å². The minimum atomic E-state index is -0.330. The molecule has 0 N–H and O–H groups in total. The fourth-order valence-corrected chi connectivity index (χ4v) is 4.31. The average molecular weight is 304 g/mol. The van der Waals surface area contributed by atoms with Gasteiger partial charge in [0.15, 0.2) is 0 Å². The third kappa shape index (κ3) is 2.93. The SMILES string of the molecule is CCCN1CCN(CC2Cc3ccccc3S2)C(=O)C1=O. The van der Waals surface area contributed by atoms with Gasteiger partial charge >= 0.3 is 11.8 Å². The number of hydrogen-bond donors (Lipinski definition) is 0. The third-order valence-electron chi connectivity index (χ3n) is 4.03. The van der Waals surface area contributed by atoms with Gasteiger partial charge in [0, 0.05) is 36.3 Å². The molecule has 1 atom stereocenters. The summed E-state index contributed by atoms with van der Waals surface area (Å²) in [6.07, 6.45) is 1.88. The van der Waals surface area contributed by atoms with E-state index in [1.54, 1.807) is 9.80 Å². The Bertz CT molecular complexity index is 536. The van der Waals surface area contributed by atoms with E-state index in [9.17, 15) is 9.59 Å². The van der Waals surface area contributed by atoms with Gasteiger partial charge in [-0.25, -0.2) is 0 Å². The Hall–Kier alpha value is -1.49. The van der Waals surface area contributed by atoms with E-state index in [-0.39, 0.29) is 11.8 Å². The summed E-state index contributed by atoms with van der Waals surface area (Å²) < 4.78 is 0. The number of piperazine rings is 1. The van der Waals surface area contributed by atoms with Crippen molar-refractivity contribution in [3.63, 3.8) is 0 Å². The summed E-state index contributed by atoms with van der Waals surface area (Å²) in [6.45, 7) is 4.71. The van der Waals surface area contributed by atoms with Crippen molar-refractivity contribution in [2.75, 3.05) is 26.2 Å². The second kappa shape index (κ2) is 6.10. The first-order valence-corrected chi connectivity index (χ1v) is 8.39. The van der Waals surface area contributed by atoms with Gasteiger partial charge in [-0.1, -0.05) is 25.1 Å². The molecule has 0 bridgehead atoms. The Balaban J connectivity index is 1.60. The molecule has 0 aliphatic carbocycles. The zero-order valence-electron chi connectivity index (χ0n) is 12.2. The minimum Gasteiger partial charge on any atom is -0.333 e. The van der Waals surface area contributed by atoms with E-state index in [1.807, 2.05) is 24.8 Å². The van der Waals surface area contributed by atoms with Crippen molar-refractivity contribution in [1.29, 1.82) is 0 Å². The molecule has 4 nitrogen and oxygen atoms in total. The van der Waals surface area contributed by atoms with Gasteiger partial charge < -0.3 is 9.80 Å². The van der Waals surface area contributed by atoms with Crippen LogP contribution >= 0.6 is 11.8 Å². The van der Waals surface area contributed by atoms with Crippen LogP contribution in [0.4, 0.5) is 0 Å². The largest absolute Gasteiger partial charge is 0.333 e. The zero-order valence-corrected chi connectivity index (χ0v) is 13.1. The van der Waals surface area contributed by atoms with Crippen LogP contribution < -0.4 is 0 Å².